The van der Waals surface area contributed by atoms with Crippen molar-refractivity contribution in [2.75, 3.05) is 18.5 Å². The van der Waals surface area contributed by atoms with E-state index in [4.69, 9.17) is 9.47 Å². The van der Waals surface area contributed by atoms with E-state index >= 15 is 0 Å². The SMILES string of the molecule is Cc1c(C(=O)Nc2cc3c(cc2Sc2ccccc2)OCCO3)cnn1-c1ccccn1. The van der Waals surface area contributed by atoms with Crippen LogP contribution in [0.4, 0.5) is 5.69 Å². The minimum atomic E-state index is -0.253. The third-order valence-corrected chi connectivity index (χ3v) is 6.05. The molecule has 0 spiro atoms. The summed E-state index contributed by atoms with van der Waals surface area (Å²) in [6.45, 7) is 2.82. The Kier molecular flexibility index (Phi) is 5.51. The van der Waals surface area contributed by atoms with Crippen molar-refractivity contribution in [2.24, 2.45) is 0 Å². The number of rotatable bonds is 5. The molecule has 4 aromatic rings. The lowest BCUT2D eigenvalue weighted by Crippen LogP contribution is -2.17. The summed E-state index contributed by atoms with van der Waals surface area (Å²) in [7, 11) is 0. The van der Waals surface area contributed by atoms with E-state index in [1.807, 2.05) is 67.6 Å². The first-order valence-corrected chi connectivity index (χ1v) is 10.9. The van der Waals surface area contributed by atoms with Crippen molar-refractivity contribution in [3.63, 3.8) is 0 Å². The molecule has 0 atom stereocenters. The summed E-state index contributed by atoms with van der Waals surface area (Å²) in [6, 6.07) is 19.3. The van der Waals surface area contributed by atoms with Crippen LogP contribution in [-0.2, 0) is 0 Å². The zero-order chi connectivity index (χ0) is 21.9. The monoisotopic (exact) mass is 444 g/mol. The number of fused-ring (bicyclic) bond motifs is 1. The summed E-state index contributed by atoms with van der Waals surface area (Å²) >= 11 is 1.55. The highest BCUT2D eigenvalue weighted by atomic mass is 32.2. The van der Waals surface area contributed by atoms with Crippen molar-refractivity contribution >= 4 is 23.4 Å². The van der Waals surface area contributed by atoms with Crippen LogP contribution in [0.1, 0.15) is 16.1 Å². The number of carbonyl (C=O) groups excluding carboxylic acids is 1. The Hall–Kier alpha value is -3.78. The van der Waals surface area contributed by atoms with Crippen LogP contribution < -0.4 is 14.8 Å². The molecule has 7 nitrogen and oxygen atoms in total. The van der Waals surface area contributed by atoms with Gasteiger partial charge in [-0.15, -0.1) is 0 Å². The minimum Gasteiger partial charge on any atom is -0.486 e. The number of nitrogens with zero attached hydrogens (tertiary/aromatic N) is 3. The topological polar surface area (TPSA) is 78.3 Å². The molecule has 32 heavy (non-hydrogen) atoms. The molecule has 0 aliphatic carbocycles. The molecule has 0 saturated carbocycles. The van der Waals surface area contributed by atoms with Crippen LogP contribution in [0.3, 0.4) is 0 Å². The number of hydrogen-bond donors (Lipinski definition) is 1. The summed E-state index contributed by atoms with van der Waals surface area (Å²) in [5.74, 6) is 1.69. The van der Waals surface area contributed by atoms with Gasteiger partial charge < -0.3 is 14.8 Å². The molecular formula is C24H20N4O3S. The number of anilines is 1. The third-order valence-electron chi connectivity index (χ3n) is 4.98. The Morgan fingerprint density at radius 3 is 2.53 bits per heavy atom. The van der Waals surface area contributed by atoms with E-state index < -0.39 is 0 Å². The normalized spacial score (nSPS) is 12.4. The fourth-order valence-electron chi connectivity index (χ4n) is 3.40. The maximum absolute atomic E-state index is 13.2. The van der Waals surface area contributed by atoms with E-state index in [0.29, 0.717) is 47.5 Å². The lowest BCUT2D eigenvalue weighted by Gasteiger charge is -2.21. The lowest BCUT2D eigenvalue weighted by molar-refractivity contribution is 0.102. The summed E-state index contributed by atoms with van der Waals surface area (Å²) in [5, 5.41) is 7.39. The molecule has 3 heterocycles. The van der Waals surface area contributed by atoms with E-state index in [1.54, 1.807) is 28.8 Å². The van der Waals surface area contributed by atoms with Gasteiger partial charge in [0.2, 0.25) is 0 Å². The average Bonchev–Trinajstić information content (AvgIpc) is 3.22. The second-order valence-electron chi connectivity index (χ2n) is 7.10. The number of pyridine rings is 1. The highest BCUT2D eigenvalue weighted by molar-refractivity contribution is 7.99. The van der Waals surface area contributed by atoms with Crippen molar-refractivity contribution in [1.82, 2.24) is 14.8 Å². The van der Waals surface area contributed by atoms with Crippen molar-refractivity contribution in [3.8, 4) is 17.3 Å². The smallest absolute Gasteiger partial charge is 0.259 e. The van der Waals surface area contributed by atoms with Gasteiger partial charge in [0, 0.05) is 28.1 Å². The van der Waals surface area contributed by atoms with Crippen LogP contribution in [0.2, 0.25) is 0 Å². The maximum Gasteiger partial charge on any atom is 0.259 e. The van der Waals surface area contributed by atoms with E-state index in [0.717, 1.165) is 9.79 Å². The standard InChI is InChI=1S/C24H20N4O3S/c1-16-18(15-26-28(16)23-9-5-6-10-25-23)24(29)27-19-13-20-21(31-12-11-30-20)14-22(19)32-17-7-3-2-4-8-17/h2-10,13-15H,11-12H2,1H3,(H,27,29). The number of carbonyl (C=O) groups is 1. The minimum absolute atomic E-state index is 0.253. The molecule has 5 rings (SSSR count). The van der Waals surface area contributed by atoms with Gasteiger partial charge in [0.15, 0.2) is 17.3 Å². The fraction of sp³-hybridized carbons (Fsp3) is 0.125. The summed E-state index contributed by atoms with van der Waals surface area (Å²) in [4.78, 5) is 19.4. The second-order valence-corrected chi connectivity index (χ2v) is 8.22. The van der Waals surface area contributed by atoms with Gasteiger partial charge in [-0.2, -0.15) is 5.10 Å². The van der Waals surface area contributed by atoms with Crippen LogP contribution in [0.25, 0.3) is 5.82 Å². The van der Waals surface area contributed by atoms with Gasteiger partial charge in [0.1, 0.15) is 13.2 Å². The molecule has 8 heteroatoms. The molecule has 0 radical (unpaired) electrons. The van der Waals surface area contributed by atoms with E-state index in [9.17, 15) is 4.79 Å². The summed E-state index contributed by atoms with van der Waals surface area (Å²) in [6.07, 6.45) is 3.25. The number of hydrogen-bond acceptors (Lipinski definition) is 6. The Morgan fingerprint density at radius 2 is 1.78 bits per heavy atom. The van der Waals surface area contributed by atoms with Crippen molar-refractivity contribution in [3.05, 3.63) is 84.3 Å². The van der Waals surface area contributed by atoms with Gasteiger partial charge in [0.25, 0.3) is 5.91 Å². The number of ether oxygens (including phenoxy) is 2. The third kappa shape index (κ3) is 4.04. The molecular weight excluding hydrogens is 424 g/mol. The van der Waals surface area contributed by atoms with Gasteiger partial charge in [-0.3, -0.25) is 4.79 Å². The van der Waals surface area contributed by atoms with E-state index in [2.05, 4.69) is 15.4 Å². The predicted molar refractivity (Wildman–Crippen MR) is 122 cm³/mol. The zero-order valence-electron chi connectivity index (χ0n) is 17.3. The van der Waals surface area contributed by atoms with Crippen LogP contribution in [0.15, 0.2) is 82.8 Å². The fourth-order valence-corrected chi connectivity index (χ4v) is 4.33. The van der Waals surface area contributed by atoms with Gasteiger partial charge in [0.05, 0.1) is 23.1 Å². The van der Waals surface area contributed by atoms with E-state index in [-0.39, 0.29) is 5.91 Å². The lowest BCUT2D eigenvalue weighted by atomic mass is 10.2. The molecule has 2 aromatic heterocycles. The first-order chi connectivity index (χ1) is 15.7. The molecule has 2 aromatic carbocycles. The molecule has 0 bridgehead atoms. The van der Waals surface area contributed by atoms with Crippen LogP contribution in [-0.4, -0.2) is 33.9 Å². The zero-order valence-corrected chi connectivity index (χ0v) is 18.1. The van der Waals surface area contributed by atoms with Gasteiger partial charge in [-0.25, -0.2) is 9.67 Å². The molecule has 1 N–H and O–H groups in total. The van der Waals surface area contributed by atoms with Crippen molar-refractivity contribution in [2.45, 2.75) is 16.7 Å². The number of nitrogens with one attached hydrogen (secondary N) is 1. The Balaban J connectivity index is 1.47. The van der Waals surface area contributed by atoms with Gasteiger partial charge >= 0.3 is 0 Å². The molecule has 160 valence electrons. The molecule has 0 saturated heterocycles. The molecule has 0 unspecified atom stereocenters. The van der Waals surface area contributed by atoms with Crippen LogP contribution >= 0.6 is 11.8 Å². The maximum atomic E-state index is 13.2. The highest BCUT2D eigenvalue weighted by Gasteiger charge is 2.21. The largest absolute Gasteiger partial charge is 0.486 e. The van der Waals surface area contributed by atoms with Crippen molar-refractivity contribution < 1.29 is 14.3 Å². The molecule has 1 aliphatic heterocycles. The highest BCUT2D eigenvalue weighted by Crippen LogP contribution is 2.42. The molecule has 0 fully saturated rings. The number of aromatic nitrogens is 3. The summed E-state index contributed by atoms with van der Waals surface area (Å²) in [5.41, 5.74) is 1.83. The van der Waals surface area contributed by atoms with Crippen LogP contribution in [0.5, 0.6) is 11.5 Å². The number of benzene rings is 2. The molecule has 1 aliphatic rings. The second kappa shape index (κ2) is 8.76. The Labute approximate surface area is 189 Å². The predicted octanol–water partition coefficient (Wildman–Crippen LogP) is 4.75. The van der Waals surface area contributed by atoms with Crippen LogP contribution in [0, 0.1) is 6.92 Å². The Bertz CT molecular complexity index is 1260. The first kappa shape index (κ1) is 20.1. The molecule has 1 amide bonds. The summed E-state index contributed by atoms with van der Waals surface area (Å²) < 4.78 is 13.1. The van der Waals surface area contributed by atoms with Gasteiger partial charge in [-0.1, -0.05) is 36.0 Å². The number of amides is 1. The van der Waals surface area contributed by atoms with Crippen molar-refractivity contribution in [1.29, 1.82) is 0 Å². The van der Waals surface area contributed by atoms with E-state index in [1.165, 1.54) is 0 Å². The average molecular weight is 445 g/mol. The Morgan fingerprint density at radius 1 is 1.03 bits per heavy atom. The quantitative estimate of drug-likeness (QED) is 0.479. The van der Waals surface area contributed by atoms with Gasteiger partial charge in [-0.05, 0) is 31.2 Å². The first-order valence-electron chi connectivity index (χ1n) is 10.1.